The summed E-state index contributed by atoms with van der Waals surface area (Å²) in [6.45, 7) is 14.3. The topological polar surface area (TPSA) is 61.0 Å². The molecule has 5 heteroatoms. The van der Waals surface area contributed by atoms with Gasteiger partial charge in [0.15, 0.2) is 0 Å². The Kier molecular flexibility index (Phi) is 7.14. The molecule has 0 saturated heterocycles. The highest BCUT2D eigenvalue weighted by Gasteiger charge is 2.26. The largest absolute Gasteiger partial charge is 0.493 e. The molecular weight excluding hydrogens is 386 g/mol. The van der Waals surface area contributed by atoms with Crippen molar-refractivity contribution in [2.24, 2.45) is 0 Å². The molecule has 0 amide bonds. The Bertz CT molecular complexity index is 977. The van der Waals surface area contributed by atoms with E-state index in [1.54, 1.807) is 12.4 Å². The van der Waals surface area contributed by atoms with Gasteiger partial charge in [-0.05, 0) is 53.9 Å². The van der Waals surface area contributed by atoms with Crippen molar-refractivity contribution < 1.29 is 9.26 Å². The number of hydrogen-bond acceptors (Lipinski definition) is 5. The van der Waals surface area contributed by atoms with E-state index in [-0.39, 0.29) is 10.8 Å². The van der Waals surface area contributed by atoms with Crippen LogP contribution >= 0.6 is 0 Å². The van der Waals surface area contributed by atoms with E-state index in [1.807, 2.05) is 12.1 Å². The first-order valence-corrected chi connectivity index (χ1v) is 11.3. The van der Waals surface area contributed by atoms with Crippen LogP contribution in [0.2, 0.25) is 0 Å². The van der Waals surface area contributed by atoms with E-state index in [4.69, 9.17) is 9.26 Å². The smallest absolute Gasteiger partial charge is 0.227 e. The third-order valence-corrected chi connectivity index (χ3v) is 6.44. The van der Waals surface area contributed by atoms with Gasteiger partial charge in [-0.25, -0.2) is 0 Å². The van der Waals surface area contributed by atoms with Crippen LogP contribution in [0.3, 0.4) is 0 Å². The van der Waals surface area contributed by atoms with Gasteiger partial charge >= 0.3 is 0 Å². The molecule has 5 nitrogen and oxygen atoms in total. The normalized spacial score (nSPS) is 12.2. The van der Waals surface area contributed by atoms with Crippen LogP contribution in [0.1, 0.15) is 77.8 Å². The second kappa shape index (κ2) is 9.63. The minimum absolute atomic E-state index is 0.0558. The molecule has 0 unspecified atom stereocenters. The van der Waals surface area contributed by atoms with Crippen molar-refractivity contribution in [3.8, 4) is 17.1 Å². The summed E-state index contributed by atoms with van der Waals surface area (Å²) in [5, 5.41) is 4.05. The molecule has 31 heavy (non-hydrogen) atoms. The molecule has 0 aliphatic rings. The van der Waals surface area contributed by atoms with E-state index in [1.165, 1.54) is 11.1 Å². The average Bonchev–Trinajstić information content (AvgIpc) is 3.26. The second-order valence-corrected chi connectivity index (χ2v) is 9.39. The quantitative estimate of drug-likeness (QED) is 0.349. The fraction of sp³-hybridized carbons (Fsp3) is 0.500. The fourth-order valence-electron chi connectivity index (χ4n) is 3.37. The maximum Gasteiger partial charge on any atom is 0.227 e. The molecule has 1 aromatic carbocycles. The number of aryl methyl sites for hydroxylation is 1. The molecule has 3 aromatic rings. The Hall–Kier alpha value is -2.69. The number of rotatable bonds is 10. The summed E-state index contributed by atoms with van der Waals surface area (Å²) < 4.78 is 11.6. The highest BCUT2D eigenvalue weighted by Crippen LogP contribution is 2.38. The number of benzene rings is 1. The first-order valence-electron chi connectivity index (χ1n) is 11.3. The van der Waals surface area contributed by atoms with Crippen LogP contribution in [0.25, 0.3) is 11.4 Å². The van der Waals surface area contributed by atoms with Gasteiger partial charge in [-0.15, -0.1) is 0 Å². The van der Waals surface area contributed by atoms with E-state index in [0.717, 1.165) is 30.6 Å². The van der Waals surface area contributed by atoms with Crippen LogP contribution in [0.15, 0.2) is 47.2 Å². The Balaban J connectivity index is 1.65. The van der Waals surface area contributed by atoms with E-state index in [2.05, 4.69) is 74.9 Å². The maximum atomic E-state index is 6.24. The van der Waals surface area contributed by atoms with Crippen LogP contribution in [-0.2, 0) is 17.3 Å². The van der Waals surface area contributed by atoms with E-state index < -0.39 is 0 Å². The molecule has 0 aliphatic carbocycles. The Morgan fingerprint density at radius 1 is 1.00 bits per heavy atom. The number of aromatic nitrogens is 3. The van der Waals surface area contributed by atoms with Gasteiger partial charge in [0.05, 0.1) is 6.61 Å². The molecule has 0 atom stereocenters. The zero-order valence-electron chi connectivity index (χ0n) is 19.7. The molecule has 0 bridgehead atoms. The molecule has 166 valence electrons. The van der Waals surface area contributed by atoms with Gasteiger partial charge in [0.1, 0.15) is 5.75 Å². The Morgan fingerprint density at radius 2 is 1.77 bits per heavy atom. The van der Waals surface area contributed by atoms with Crippen molar-refractivity contribution in [3.05, 3.63) is 59.7 Å². The summed E-state index contributed by atoms with van der Waals surface area (Å²) >= 11 is 0. The number of hydrogen-bond donors (Lipinski definition) is 0. The standard InChI is InChI=1S/C26H35N3O2/c1-7-25(3,4)20-13-14-22(21(17-20)26(5,6)8-2)30-16-10-12-23-28-24(29-31-23)19-11-9-15-27-18-19/h9,11,13-15,17-18H,7-8,10,12,16H2,1-6H3. The van der Waals surface area contributed by atoms with E-state index in [9.17, 15) is 0 Å². The Labute approximate surface area is 186 Å². The highest BCUT2D eigenvalue weighted by molar-refractivity contribution is 5.51. The first-order chi connectivity index (χ1) is 14.8. The summed E-state index contributed by atoms with van der Waals surface area (Å²) in [5.41, 5.74) is 3.72. The molecule has 0 aliphatic heterocycles. The zero-order chi connectivity index (χ0) is 22.5. The van der Waals surface area contributed by atoms with Crippen LogP contribution < -0.4 is 4.74 Å². The predicted octanol–water partition coefficient (Wildman–Crippen LogP) is 6.52. The van der Waals surface area contributed by atoms with Gasteiger partial charge in [-0.1, -0.05) is 58.8 Å². The Morgan fingerprint density at radius 3 is 2.45 bits per heavy atom. The minimum atomic E-state index is 0.0558. The molecule has 2 aromatic heterocycles. The lowest BCUT2D eigenvalue weighted by Gasteiger charge is -2.30. The van der Waals surface area contributed by atoms with Crippen LogP contribution in [0, 0.1) is 0 Å². The van der Waals surface area contributed by atoms with Crippen molar-refractivity contribution in [2.75, 3.05) is 6.61 Å². The fourth-order valence-corrected chi connectivity index (χ4v) is 3.37. The number of pyridine rings is 1. The molecular formula is C26H35N3O2. The van der Waals surface area contributed by atoms with Crippen molar-refractivity contribution in [2.45, 2.75) is 78.1 Å². The number of ether oxygens (including phenoxy) is 1. The van der Waals surface area contributed by atoms with Gasteiger partial charge in [-0.3, -0.25) is 4.98 Å². The SMILES string of the molecule is CCC(C)(C)c1ccc(OCCCc2nc(-c3cccnc3)no2)c(C(C)(C)CC)c1. The average molecular weight is 422 g/mol. The van der Waals surface area contributed by atoms with Gasteiger partial charge in [0.25, 0.3) is 0 Å². The van der Waals surface area contributed by atoms with Crippen LogP contribution in [-0.4, -0.2) is 21.7 Å². The summed E-state index contributed by atoms with van der Waals surface area (Å²) in [6, 6.07) is 10.5. The second-order valence-electron chi connectivity index (χ2n) is 9.39. The summed E-state index contributed by atoms with van der Waals surface area (Å²) in [5.74, 6) is 2.17. The van der Waals surface area contributed by atoms with Crippen LogP contribution in [0.4, 0.5) is 0 Å². The molecule has 0 radical (unpaired) electrons. The van der Waals surface area contributed by atoms with Gasteiger partial charge < -0.3 is 9.26 Å². The van der Waals surface area contributed by atoms with E-state index in [0.29, 0.717) is 24.7 Å². The third-order valence-electron chi connectivity index (χ3n) is 6.44. The minimum Gasteiger partial charge on any atom is -0.493 e. The number of nitrogens with zero attached hydrogens (tertiary/aromatic N) is 3. The molecule has 2 heterocycles. The monoisotopic (exact) mass is 421 g/mol. The lowest BCUT2D eigenvalue weighted by molar-refractivity contribution is 0.289. The maximum absolute atomic E-state index is 6.24. The van der Waals surface area contributed by atoms with Crippen molar-refractivity contribution in [1.82, 2.24) is 15.1 Å². The summed E-state index contributed by atoms with van der Waals surface area (Å²) in [6.07, 6.45) is 7.11. The molecule has 0 saturated carbocycles. The van der Waals surface area contributed by atoms with Gasteiger partial charge in [0.2, 0.25) is 11.7 Å². The first kappa shape index (κ1) is 23.0. The lowest BCUT2D eigenvalue weighted by atomic mass is 9.76. The molecule has 0 spiro atoms. The predicted molar refractivity (Wildman–Crippen MR) is 124 cm³/mol. The highest BCUT2D eigenvalue weighted by atomic mass is 16.5. The molecule has 0 fully saturated rings. The van der Waals surface area contributed by atoms with Crippen molar-refractivity contribution in [1.29, 1.82) is 0 Å². The third kappa shape index (κ3) is 5.52. The van der Waals surface area contributed by atoms with Crippen LogP contribution in [0.5, 0.6) is 5.75 Å². The van der Waals surface area contributed by atoms with E-state index >= 15 is 0 Å². The summed E-state index contributed by atoms with van der Waals surface area (Å²) in [7, 11) is 0. The van der Waals surface area contributed by atoms with Gasteiger partial charge in [0, 0.05) is 29.9 Å². The molecule has 0 N–H and O–H groups in total. The zero-order valence-corrected chi connectivity index (χ0v) is 19.7. The lowest BCUT2D eigenvalue weighted by Crippen LogP contribution is -2.21. The van der Waals surface area contributed by atoms with Crippen molar-refractivity contribution in [3.63, 3.8) is 0 Å². The molecule has 3 rings (SSSR count). The summed E-state index contributed by atoms with van der Waals surface area (Å²) in [4.78, 5) is 8.57. The van der Waals surface area contributed by atoms with Gasteiger partial charge in [-0.2, -0.15) is 4.98 Å². The van der Waals surface area contributed by atoms with Crippen molar-refractivity contribution >= 4 is 0 Å².